The van der Waals surface area contributed by atoms with E-state index in [1.165, 1.54) is 18.4 Å². The lowest BCUT2D eigenvalue weighted by atomic mass is 9.92. The molecule has 0 saturated heterocycles. The molecular weight excluding hydrogens is 250 g/mol. The Hall–Kier alpha value is -1.60. The molecule has 20 heavy (non-hydrogen) atoms. The molecule has 0 amide bonds. The first-order valence-corrected chi connectivity index (χ1v) is 7.65. The number of pyridine rings is 1. The van der Waals surface area contributed by atoms with E-state index in [-0.39, 0.29) is 12.1 Å². The lowest BCUT2D eigenvalue weighted by Gasteiger charge is -2.29. The van der Waals surface area contributed by atoms with Gasteiger partial charge >= 0.3 is 0 Å². The van der Waals surface area contributed by atoms with E-state index >= 15 is 0 Å². The minimum absolute atomic E-state index is 0.0324. The van der Waals surface area contributed by atoms with Crippen molar-refractivity contribution in [3.63, 3.8) is 0 Å². The van der Waals surface area contributed by atoms with Gasteiger partial charge in [0.15, 0.2) is 0 Å². The third-order valence-corrected chi connectivity index (χ3v) is 4.47. The van der Waals surface area contributed by atoms with E-state index in [2.05, 4.69) is 16.4 Å². The van der Waals surface area contributed by atoms with Gasteiger partial charge in [-0.3, -0.25) is 0 Å². The van der Waals surface area contributed by atoms with E-state index in [4.69, 9.17) is 0 Å². The summed E-state index contributed by atoms with van der Waals surface area (Å²) in [5, 5.41) is 22.7. The summed E-state index contributed by atoms with van der Waals surface area (Å²) in [6.45, 7) is 0. The third-order valence-electron chi connectivity index (χ3n) is 4.47. The quantitative estimate of drug-likeness (QED) is 0.867. The molecule has 1 aromatic rings. The number of hydrogen-bond acceptors (Lipinski definition) is 4. The molecule has 2 aliphatic rings. The average Bonchev–Trinajstić information content (AvgIpc) is 2.49. The van der Waals surface area contributed by atoms with Gasteiger partial charge in [0.25, 0.3) is 0 Å². The molecule has 4 heteroatoms. The summed E-state index contributed by atoms with van der Waals surface area (Å²) >= 11 is 0. The standard InChI is InChI=1S/C16H21N3O/c17-10-12-9-11-5-1-2-6-13(11)18-16(12)19-14-7-3-4-8-15(14)20/h9,14-15,20H,1-8H2,(H,18,19). The molecule has 0 aliphatic heterocycles. The number of aliphatic hydroxyl groups excluding tert-OH is 1. The highest BCUT2D eigenvalue weighted by molar-refractivity contribution is 5.55. The Balaban J connectivity index is 1.86. The van der Waals surface area contributed by atoms with Crippen LogP contribution < -0.4 is 5.32 Å². The molecule has 2 aliphatic carbocycles. The number of nitrogens with one attached hydrogen (secondary N) is 1. The van der Waals surface area contributed by atoms with Crippen LogP contribution in [0, 0.1) is 11.3 Å². The number of nitrogens with zero attached hydrogens (tertiary/aromatic N) is 2. The van der Waals surface area contributed by atoms with Crippen LogP contribution >= 0.6 is 0 Å². The Bertz CT molecular complexity index is 535. The molecule has 0 spiro atoms. The Labute approximate surface area is 119 Å². The van der Waals surface area contributed by atoms with Crippen molar-refractivity contribution in [3.05, 3.63) is 22.9 Å². The zero-order valence-corrected chi connectivity index (χ0v) is 11.7. The summed E-state index contributed by atoms with van der Waals surface area (Å²) in [6, 6.07) is 4.26. The molecule has 1 saturated carbocycles. The summed E-state index contributed by atoms with van der Waals surface area (Å²) in [7, 11) is 0. The normalized spacial score (nSPS) is 25.6. The molecule has 0 bridgehead atoms. The minimum Gasteiger partial charge on any atom is -0.391 e. The van der Waals surface area contributed by atoms with Gasteiger partial charge in [-0.05, 0) is 50.2 Å². The second kappa shape index (κ2) is 5.80. The van der Waals surface area contributed by atoms with Crippen LogP contribution in [-0.2, 0) is 12.8 Å². The molecule has 1 aromatic heterocycles. The number of nitriles is 1. The van der Waals surface area contributed by atoms with Gasteiger partial charge in [0.05, 0.1) is 17.7 Å². The molecule has 2 N–H and O–H groups in total. The van der Waals surface area contributed by atoms with Crippen LogP contribution in [0.5, 0.6) is 0 Å². The lowest BCUT2D eigenvalue weighted by Crippen LogP contribution is -2.37. The van der Waals surface area contributed by atoms with Gasteiger partial charge in [-0.25, -0.2) is 4.98 Å². The first-order chi connectivity index (χ1) is 9.78. The van der Waals surface area contributed by atoms with Crippen LogP contribution in [0.3, 0.4) is 0 Å². The number of anilines is 1. The molecule has 4 nitrogen and oxygen atoms in total. The fourth-order valence-electron chi connectivity index (χ4n) is 3.28. The van der Waals surface area contributed by atoms with E-state index in [9.17, 15) is 10.4 Å². The maximum absolute atomic E-state index is 10.1. The number of rotatable bonds is 2. The fourth-order valence-corrected chi connectivity index (χ4v) is 3.28. The summed E-state index contributed by atoms with van der Waals surface area (Å²) in [5.74, 6) is 0.666. The molecule has 106 valence electrons. The van der Waals surface area contributed by atoms with Crippen molar-refractivity contribution in [1.82, 2.24) is 4.98 Å². The topological polar surface area (TPSA) is 68.9 Å². The van der Waals surface area contributed by atoms with Gasteiger partial charge < -0.3 is 10.4 Å². The first kappa shape index (κ1) is 13.4. The van der Waals surface area contributed by atoms with Crippen LogP contribution in [0.25, 0.3) is 0 Å². The fraction of sp³-hybridized carbons (Fsp3) is 0.625. The van der Waals surface area contributed by atoms with Crippen molar-refractivity contribution in [2.45, 2.75) is 63.5 Å². The maximum atomic E-state index is 10.1. The summed E-state index contributed by atoms with van der Waals surface area (Å²) in [5.41, 5.74) is 2.97. The van der Waals surface area contributed by atoms with Gasteiger partial charge in [-0.15, -0.1) is 0 Å². The molecule has 2 unspecified atom stereocenters. The first-order valence-electron chi connectivity index (χ1n) is 7.65. The van der Waals surface area contributed by atoms with Crippen LogP contribution in [0.4, 0.5) is 5.82 Å². The number of fused-ring (bicyclic) bond motifs is 1. The third kappa shape index (κ3) is 2.64. The van der Waals surface area contributed by atoms with Crippen LogP contribution in [-0.4, -0.2) is 22.2 Å². The molecule has 1 heterocycles. The van der Waals surface area contributed by atoms with Crippen LogP contribution in [0.1, 0.15) is 55.3 Å². The Morgan fingerprint density at radius 1 is 1.20 bits per heavy atom. The van der Waals surface area contributed by atoms with Crippen molar-refractivity contribution >= 4 is 5.82 Å². The molecular formula is C16H21N3O. The second-order valence-electron chi connectivity index (χ2n) is 5.91. The molecule has 3 rings (SSSR count). The van der Waals surface area contributed by atoms with Gasteiger partial charge in [0.1, 0.15) is 11.9 Å². The van der Waals surface area contributed by atoms with Crippen LogP contribution in [0.2, 0.25) is 0 Å². The Kier molecular flexibility index (Phi) is 3.88. The van der Waals surface area contributed by atoms with Crippen molar-refractivity contribution in [3.8, 4) is 6.07 Å². The number of aromatic nitrogens is 1. The predicted molar refractivity (Wildman–Crippen MR) is 77.5 cm³/mol. The smallest absolute Gasteiger partial charge is 0.144 e. The summed E-state index contributed by atoms with van der Waals surface area (Å²) < 4.78 is 0. The number of aliphatic hydroxyl groups is 1. The zero-order valence-electron chi connectivity index (χ0n) is 11.7. The molecule has 2 atom stereocenters. The minimum atomic E-state index is -0.326. The zero-order chi connectivity index (χ0) is 13.9. The van der Waals surface area contributed by atoms with E-state index in [0.717, 1.165) is 44.2 Å². The highest BCUT2D eigenvalue weighted by Gasteiger charge is 2.24. The maximum Gasteiger partial charge on any atom is 0.144 e. The van der Waals surface area contributed by atoms with Gasteiger partial charge in [0, 0.05) is 5.69 Å². The Morgan fingerprint density at radius 3 is 2.80 bits per heavy atom. The summed E-state index contributed by atoms with van der Waals surface area (Å²) in [6.07, 6.45) is 8.07. The SMILES string of the molecule is N#Cc1cc2c(nc1NC1CCCCC1O)CCCC2. The monoisotopic (exact) mass is 271 g/mol. The van der Waals surface area contributed by atoms with E-state index in [1.807, 2.05) is 6.07 Å². The Morgan fingerprint density at radius 2 is 2.00 bits per heavy atom. The van der Waals surface area contributed by atoms with Gasteiger partial charge in [-0.2, -0.15) is 5.26 Å². The van der Waals surface area contributed by atoms with Gasteiger partial charge in [0.2, 0.25) is 0 Å². The van der Waals surface area contributed by atoms with Crippen LogP contribution in [0.15, 0.2) is 6.07 Å². The lowest BCUT2D eigenvalue weighted by molar-refractivity contribution is 0.116. The van der Waals surface area contributed by atoms with Crippen molar-refractivity contribution in [2.24, 2.45) is 0 Å². The largest absolute Gasteiger partial charge is 0.391 e. The predicted octanol–water partition coefficient (Wildman–Crippen LogP) is 2.55. The van der Waals surface area contributed by atoms with Gasteiger partial charge in [-0.1, -0.05) is 12.8 Å². The molecule has 1 fully saturated rings. The molecule has 0 radical (unpaired) electrons. The van der Waals surface area contributed by atoms with Crippen molar-refractivity contribution in [1.29, 1.82) is 5.26 Å². The van der Waals surface area contributed by atoms with E-state index in [0.29, 0.717) is 11.4 Å². The summed E-state index contributed by atoms with van der Waals surface area (Å²) in [4.78, 5) is 4.67. The van der Waals surface area contributed by atoms with Crippen molar-refractivity contribution < 1.29 is 5.11 Å². The second-order valence-corrected chi connectivity index (χ2v) is 5.91. The molecule has 0 aromatic carbocycles. The average molecular weight is 271 g/mol. The van der Waals surface area contributed by atoms with Crippen molar-refractivity contribution in [2.75, 3.05) is 5.32 Å². The highest BCUT2D eigenvalue weighted by atomic mass is 16.3. The number of hydrogen-bond donors (Lipinski definition) is 2. The highest BCUT2D eigenvalue weighted by Crippen LogP contribution is 2.27. The number of aryl methyl sites for hydroxylation is 2. The van der Waals surface area contributed by atoms with E-state index in [1.54, 1.807) is 0 Å². The van der Waals surface area contributed by atoms with E-state index < -0.39 is 0 Å².